The lowest BCUT2D eigenvalue weighted by atomic mass is 10.0. The molecule has 2 rings (SSSR count). The van der Waals surface area contributed by atoms with Crippen molar-refractivity contribution in [1.82, 2.24) is 0 Å². The average molecular weight is 276 g/mol. The van der Waals surface area contributed by atoms with E-state index >= 15 is 0 Å². The van der Waals surface area contributed by atoms with Crippen LogP contribution in [0.2, 0.25) is 0 Å². The second kappa shape index (κ2) is 5.74. The Bertz CT molecular complexity index is 628. The number of carbonyl (C=O) groups is 1. The van der Waals surface area contributed by atoms with Crippen LogP contribution in [0.25, 0.3) is 6.08 Å². The quantitative estimate of drug-likeness (QED) is 0.591. The summed E-state index contributed by atoms with van der Waals surface area (Å²) >= 11 is 0. The summed E-state index contributed by atoms with van der Waals surface area (Å²) in [6.07, 6.45) is -2.09. The third-order valence-corrected chi connectivity index (χ3v) is 2.74. The molecule has 0 heterocycles. The Morgan fingerprint density at radius 1 is 0.900 bits per heavy atom. The molecule has 0 spiro atoms. The zero-order valence-corrected chi connectivity index (χ0v) is 10.4. The number of allylic oxidation sites excluding steroid dienone is 1. The molecular weight excluding hydrogens is 265 g/mol. The fourth-order valence-electron chi connectivity index (χ4n) is 1.76. The number of ketones is 1. The third-order valence-electron chi connectivity index (χ3n) is 2.74. The summed E-state index contributed by atoms with van der Waals surface area (Å²) in [7, 11) is 0. The summed E-state index contributed by atoms with van der Waals surface area (Å²) in [5, 5.41) is 0. The van der Waals surface area contributed by atoms with Gasteiger partial charge in [-0.05, 0) is 17.7 Å². The highest BCUT2D eigenvalue weighted by Crippen LogP contribution is 2.32. The number of alkyl halides is 3. The molecule has 0 radical (unpaired) electrons. The summed E-state index contributed by atoms with van der Waals surface area (Å²) < 4.78 is 38.3. The van der Waals surface area contributed by atoms with Gasteiger partial charge in [0.15, 0.2) is 5.78 Å². The van der Waals surface area contributed by atoms with Crippen LogP contribution in [-0.4, -0.2) is 5.78 Å². The van der Waals surface area contributed by atoms with Crippen LogP contribution in [0.5, 0.6) is 0 Å². The van der Waals surface area contributed by atoms with E-state index in [1.807, 2.05) is 0 Å². The Kier molecular flexibility index (Phi) is 4.03. The summed E-state index contributed by atoms with van der Waals surface area (Å²) in [5.41, 5.74) is -0.338. The number of halogens is 3. The van der Waals surface area contributed by atoms with Gasteiger partial charge in [-0.25, -0.2) is 0 Å². The van der Waals surface area contributed by atoms with Crippen molar-refractivity contribution >= 4 is 11.9 Å². The van der Waals surface area contributed by atoms with E-state index in [-0.39, 0.29) is 11.3 Å². The molecule has 102 valence electrons. The molecule has 1 nitrogen and oxygen atoms in total. The molecule has 2 aromatic rings. The van der Waals surface area contributed by atoms with Crippen LogP contribution >= 0.6 is 0 Å². The molecule has 0 N–H and O–H groups in total. The maximum absolute atomic E-state index is 12.8. The first kappa shape index (κ1) is 14.1. The lowest BCUT2D eigenvalue weighted by molar-refractivity contribution is -0.137. The van der Waals surface area contributed by atoms with Crippen LogP contribution in [0.15, 0.2) is 60.7 Å². The fraction of sp³-hybridized carbons (Fsp3) is 0.0625. The molecule has 4 heteroatoms. The molecule has 0 aliphatic rings. The van der Waals surface area contributed by atoms with Gasteiger partial charge in [-0.3, -0.25) is 4.79 Å². The number of rotatable bonds is 3. The first-order valence-electron chi connectivity index (χ1n) is 5.92. The van der Waals surface area contributed by atoms with E-state index < -0.39 is 11.7 Å². The SMILES string of the molecule is O=C(/C=C/c1ccccc1C(F)(F)F)c1ccccc1. The lowest BCUT2D eigenvalue weighted by Gasteiger charge is -2.09. The zero-order chi connectivity index (χ0) is 14.6. The van der Waals surface area contributed by atoms with Crippen molar-refractivity contribution < 1.29 is 18.0 Å². The van der Waals surface area contributed by atoms with E-state index in [1.54, 1.807) is 30.3 Å². The minimum Gasteiger partial charge on any atom is -0.289 e. The first-order valence-corrected chi connectivity index (χ1v) is 5.92. The van der Waals surface area contributed by atoms with Crippen molar-refractivity contribution in [2.45, 2.75) is 6.18 Å². The van der Waals surface area contributed by atoms with Gasteiger partial charge in [0.1, 0.15) is 0 Å². The van der Waals surface area contributed by atoms with E-state index in [1.165, 1.54) is 24.3 Å². The Labute approximate surface area is 114 Å². The van der Waals surface area contributed by atoms with Gasteiger partial charge in [0.25, 0.3) is 0 Å². The maximum atomic E-state index is 12.8. The van der Waals surface area contributed by atoms with Crippen molar-refractivity contribution in [3.8, 4) is 0 Å². The number of carbonyl (C=O) groups excluding carboxylic acids is 1. The van der Waals surface area contributed by atoms with Gasteiger partial charge in [-0.2, -0.15) is 13.2 Å². The number of hydrogen-bond acceptors (Lipinski definition) is 1. The Morgan fingerprint density at radius 2 is 1.50 bits per heavy atom. The second-order valence-electron chi connectivity index (χ2n) is 4.15. The normalized spacial score (nSPS) is 11.8. The van der Waals surface area contributed by atoms with Gasteiger partial charge in [-0.15, -0.1) is 0 Å². The topological polar surface area (TPSA) is 17.1 Å². The monoisotopic (exact) mass is 276 g/mol. The summed E-state index contributed by atoms with van der Waals surface area (Å²) in [5.74, 6) is -0.331. The minimum atomic E-state index is -4.43. The van der Waals surface area contributed by atoms with E-state index in [9.17, 15) is 18.0 Å². The van der Waals surface area contributed by atoms with Crippen LogP contribution in [-0.2, 0) is 6.18 Å². The molecular formula is C16H11F3O. The second-order valence-corrected chi connectivity index (χ2v) is 4.15. The van der Waals surface area contributed by atoms with Gasteiger partial charge in [0.2, 0.25) is 0 Å². The molecule has 0 aromatic heterocycles. The Hall–Kier alpha value is -2.36. The van der Waals surface area contributed by atoms with E-state index in [4.69, 9.17) is 0 Å². The van der Waals surface area contributed by atoms with Gasteiger partial charge in [-0.1, -0.05) is 54.6 Å². The van der Waals surface area contributed by atoms with Gasteiger partial charge < -0.3 is 0 Å². The van der Waals surface area contributed by atoms with Crippen LogP contribution in [0.3, 0.4) is 0 Å². The number of benzene rings is 2. The molecule has 2 aromatic carbocycles. The van der Waals surface area contributed by atoms with Crippen LogP contribution in [0.4, 0.5) is 13.2 Å². The van der Waals surface area contributed by atoms with Crippen LogP contribution in [0, 0.1) is 0 Å². The molecule has 0 saturated carbocycles. The van der Waals surface area contributed by atoms with E-state index in [0.717, 1.165) is 12.1 Å². The molecule has 0 aliphatic heterocycles. The first-order chi connectivity index (χ1) is 9.48. The Morgan fingerprint density at radius 3 is 2.15 bits per heavy atom. The van der Waals surface area contributed by atoms with E-state index in [0.29, 0.717) is 5.56 Å². The highest BCUT2D eigenvalue weighted by Gasteiger charge is 2.32. The summed E-state index contributed by atoms with van der Waals surface area (Å²) in [6, 6.07) is 13.5. The predicted molar refractivity (Wildman–Crippen MR) is 71.3 cm³/mol. The van der Waals surface area contributed by atoms with Gasteiger partial charge in [0.05, 0.1) is 5.56 Å². The standard InChI is InChI=1S/C16H11F3O/c17-16(18,19)14-9-5-4-6-12(14)10-11-15(20)13-7-2-1-3-8-13/h1-11H/b11-10+. The van der Waals surface area contributed by atoms with Crippen molar-refractivity contribution in [3.05, 3.63) is 77.4 Å². The largest absolute Gasteiger partial charge is 0.416 e. The van der Waals surface area contributed by atoms with Crippen molar-refractivity contribution in [3.63, 3.8) is 0 Å². The number of hydrogen-bond donors (Lipinski definition) is 0. The predicted octanol–water partition coefficient (Wildman–Crippen LogP) is 4.60. The molecule has 0 amide bonds. The van der Waals surface area contributed by atoms with E-state index in [2.05, 4.69) is 0 Å². The highest BCUT2D eigenvalue weighted by atomic mass is 19.4. The molecule has 0 fully saturated rings. The highest BCUT2D eigenvalue weighted by molar-refractivity contribution is 6.06. The third kappa shape index (κ3) is 3.35. The molecule has 0 bridgehead atoms. The fourth-order valence-corrected chi connectivity index (χ4v) is 1.76. The molecule has 0 aliphatic carbocycles. The van der Waals surface area contributed by atoms with Crippen LogP contribution < -0.4 is 0 Å². The smallest absolute Gasteiger partial charge is 0.289 e. The van der Waals surface area contributed by atoms with Crippen LogP contribution in [0.1, 0.15) is 21.5 Å². The van der Waals surface area contributed by atoms with Crippen molar-refractivity contribution in [1.29, 1.82) is 0 Å². The molecule has 0 unspecified atom stereocenters. The summed E-state index contributed by atoms with van der Waals surface area (Å²) in [6.45, 7) is 0. The molecule has 0 saturated heterocycles. The lowest BCUT2D eigenvalue weighted by Crippen LogP contribution is -2.07. The van der Waals surface area contributed by atoms with Gasteiger partial charge in [0, 0.05) is 5.56 Å². The van der Waals surface area contributed by atoms with Gasteiger partial charge >= 0.3 is 6.18 Å². The Balaban J connectivity index is 2.27. The minimum absolute atomic E-state index is 0.0238. The zero-order valence-electron chi connectivity index (χ0n) is 10.4. The van der Waals surface area contributed by atoms with Crippen molar-refractivity contribution in [2.75, 3.05) is 0 Å². The molecule has 20 heavy (non-hydrogen) atoms. The van der Waals surface area contributed by atoms with Crippen molar-refractivity contribution in [2.24, 2.45) is 0 Å². The molecule has 0 atom stereocenters. The summed E-state index contributed by atoms with van der Waals surface area (Å²) in [4.78, 5) is 11.8. The average Bonchev–Trinajstić information content (AvgIpc) is 2.45. The maximum Gasteiger partial charge on any atom is 0.416 e.